The van der Waals surface area contributed by atoms with Crippen LogP contribution < -0.4 is 0 Å². The lowest BCUT2D eigenvalue weighted by atomic mass is 9.98. The zero-order valence-corrected chi connectivity index (χ0v) is 19.2. The molecule has 174 valence electrons. The fourth-order valence-corrected chi connectivity index (χ4v) is 4.06. The van der Waals surface area contributed by atoms with Crippen molar-refractivity contribution >= 4 is 0 Å². The highest BCUT2D eigenvalue weighted by Crippen LogP contribution is 2.30. The smallest absolute Gasteiger partial charge is 0.186 e. The van der Waals surface area contributed by atoms with Crippen molar-refractivity contribution in [3.05, 3.63) is 108 Å². The molecule has 0 aliphatic carbocycles. The van der Waals surface area contributed by atoms with E-state index in [1.54, 1.807) is 7.11 Å². The number of rotatable bonds is 10. The predicted molar refractivity (Wildman–Crippen MR) is 126 cm³/mol. The van der Waals surface area contributed by atoms with E-state index in [1.165, 1.54) is 0 Å². The van der Waals surface area contributed by atoms with Gasteiger partial charge in [0.1, 0.15) is 18.3 Å². The summed E-state index contributed by atoms with van der Waals surface area (Å²) in [6, 6.07) is 30.3. The SMILES string of the molecule is CO[C@H]1O[C@@H](C)[C@@H](OCc2ccccc2)[C@@H](OCc2ccccc2)[C@@H]1OCc1ccccc1. The van der Waals surface area contributed by atoms with Gasteiger partial charge in [0.25, 0.3) is 0 Å². The molecule has 33 heavy (non-hydrogen) atoms. The van der Waals surface area contributed by atoms with Gasteiger partial charge < -0.3 is 23.7 Å². The Morgan fingerprint density at radius 3 is 1.39 bits per heavy atom. The third-order valence-corrected chi connectivity index (χ3v) is 5.82. The fourth-order valence-electron chi connectivity index (χ4n) is 4.06. The number of hydrogen-bond donors (Lipinski definition) is 0. The Kier molecular flexibility index (Phi) is 8.64. The standard InChI is InChI=1S/C28H32O5/c1-21-25(30-18-22-12-6-3-7-13-22)26(31-19-23-14-8-4-9-15-23)27(28(29-2)33-21)32-20-24-16-10-5-11-17-24/h3-17,21,25-28H,18-20H2,1-2H3/t21-,25+,26+,27-,28-/m0/s1. The summed E-state index contributed by atoms with van der Waals surface area (Å²) in [6.45, 7) is 3.34. The van der Waals surface area contributed by atoms with Crippen LogP contribution in [0.4, 0.5) is 0 Å². The number of methoxy groups -OCH3 is 1. The lowest BCUT2D eigenvalue weighted by Gasteiger charge is -2.44. The number of ether oxygens (including phenoxy) is 5. The van der Waals surface area contributed by atoms with Crippen molar-refractivity contribution in [3.63, 3.8) is 0 Å². The molecule has 5 heteroatoms. The van der Waals surface area contributed by atoms with E-state index in [0.717, 1.165) is 16.7 Å². The Bertz CT molecular complexity index is 934. The zero-order valence-electron chi connectivity index (χ0n) is 19.2. The van der Waals surface area contributed by atoms with Gasteiger partial charge in [0.15, 0.2) is 6.29 Å². The first-order valence-electron chi connectivity index (χ1n) is 11.4. The third-order valence-electron chi connectivity index (χ3n) is 5.82. The molecule has 1 fully saturated rings. The van der Waals surface area contributed by atoms with Crippen molar-refractivity contribution in [2.45, 2.75) is 57.5 Å². The predicted octanol–water partition coefficient (Wildman–Crippen LogP) is 5.13. The van der Waals surface area contributed by atoms with Crippen LogP contribution in [0.15, 0.2) is 91.0 Å². The van der Waals surface area contributed by atoms with Gasteiger partial charge in [-0.05, 0) is 23.6 Å². The average molecular weight is 449 g/mol. The number of benzene rings is 3. The van der Waals surface area contributed by atoms with Gasteiger partial charge in [-0.3, -0.25) is 0 Å². The first-order chi connectivity index (χ1) is 16.2. The molecule has 0 spiro atoms. The third kappa shape index (κ3) is 6.50. The summed E-state index contributed by atoms with van der Waals surface area (Å²) < 4.78 is 31.0. The van der Waals surface area contributed by atoms with Crippen molar-refractivity contribution in [2.75, 3.05) is 7.11 Å². The van der Waals surface area contributed by atoms with E-state index in [-0.39, 0.29) is 18.3 Å². The number of hydrogen-bond acceptors (Lipinski definition) is 5. The topological polar surface area (TPSA) is 46.2 Å². The minimum Gasteiger partial charge on any atom is -0.368 e. The van der Waals surface area contributed by atoms with E-state index in [4.69, 9.17) is 23.7 Å². The molecule has 1 heterocycles. The highest BCUT2D eigenvalue weighted by molar-refractivity contribution is 5.15. The van der Waals surface area contributed by atoms with E-state index >= 15 is 0 Å². The summed E-state index contributed by atoms with van der Waals surface area (Å²) in [5, 5.41) is 0. The van der Waals surface area contributed by atoms with Gasteiger partial charge in [-0.2, -0.15) is 0 Å². The monoisotopic (exact) mass is 448 g/mol. The van der Waals surface area contributed by atoms with Gasteiger partial charge in [0, 0.05) is 7.11 Å². The van der Waals surface area contributed by atoms with Crippen LogP contribution in [0.2, 0.25) is 0 Å². The summed E-state index contributed by atoms with van der Waals surface area (Å²) in [6.07, 6.45) is -1.92. The molecule has 0 unspecified atom stereocenters. The molecule has 0 aromatic heterocycles. The lowest BCUT2D eigenvalue weighted by molar-refractivity contribution is -0.314. The molecule has 3 aromatic rings. The van der Waals surface area contributed by atoms with E-state index in [1.807, 2.05) is 73.7 Å². The van der Waals surface area contributed by atoms with Crippen molar-refractivity contribution in [2.24, 2.45) is 0 Å². The van der Waals surface area contributed by atoms with E-state index in [0.29, 0.717) is 19.8 Å². The van der Waals surface area contributed by atoms with Crippen molar-refractivity contribution < 1.29 is 23.7 Å². The maximum Gasteiger partial charge on any atom is 0.186 e. The molecule has 0 saturated carbocycles. The minimum absolute atomic E-state index is 0.226. The van der Waals surface area contributed by atoms with Crippen LogP contribution in [0.25, 0.3) is 0 Å². The maximum absolute atomic E-state index is 6.46. The average Bonchev–Trinajstić information content (AvgIpc) is 2.87. The van der Waals surface area contributed by atoms with E-state index < -0.39 is 12.4 Å². The van der Waals surface area contributed by atoms with Crippen LogP contribution in [-0.2, 0) is 43.5 Å². The van der Waals surface area contributed by atoms with Gasteiger partial charge in [0.2, 0.25) is 0 Å². The van der Waals surface area contributed by atoms with Gasteiger partial charge >= 0.3 is 0 Å². The highest BCUT2D eigenvalue weighted by Gasteiger charge is 2.47. The van der Waals surface area contributed by atoms with Crippen LogP contribution in [0, 0.1) is 0 Å². The lowest BCUT2D eigenvalue weighted by Crippen LogP contribution is -2.59. The molecule has 5 atom stereocenters. The Labute approximate surface area is 196 Å². The summed E-state index contributed by atoms with van der Waals surface area (Å²) in [5.74, 6) is 0. The van der Waals surface area contributed by atoms with Crippen LogP contribution in [0.5, 0.6) is 0 Å². The molecule has 5 nitrogen and oxygen atoms in total. The maximum atomic E-state index is 6.46. The highest BCUT2D eigenvalue weighted by atomic mass is 16.7. The molecule has 3 aromatic carbocycles. The Hall–Kier alpha value is -2.54. The second-order valence-electron chi connectivity index (χ2n) is 8.23. The normalized spacial score (nSPS) is 25.1. The molecule has 1 aliphatic rings. The zero-order chi connectivity index (χ0) is 22.9. The second-order valence-corrected chi connectivity index (χ2v) is 8.23. The molecule has 1 aliphatic heterocycles. The van der Waals surface area contributed by atoms with Crippen LogP contribution in [0.1, 0.15) is 23.6 Å². The van der Waals surface area contributed by atoms with E-state index in [2.05, 4.69) is 24.3 Å². The van der Waals surface area contributed by atoms with Crippen LogP contribution >= 0.6 is 0 Å². The van der Waals surface area contributed by atoms with Gasteiger partial charge in [-0.25, -0.2) is 0 Å². The van der Waals surface area contributed by atoms with Crippen molar-refractivity contribution in [1.82, 2.24) is 0 Å². The Morgan fingerprint density at radius 2 is 0.970 bits per heavy atom. The van der Waals surface area contributed by atoms with Crippen molar-refractivity contribution in [1.29, 1.82) is 0 Å². The molecule has 0 radical (unpaired) electrons. The summed E-state index contributed by atoms with van der Waals surface area (Å²) in [7, 11) is 1.63. The minimum atomic E-state index is -0.555. The van der Waals surface area contributed by atoms with Crippen LogP contribution in [0.3, 0.4) is 0 Å². The molecular formula is C28H32O5. The van der Waals surface area contributed by atoms with Crippen LogP contribution in [-0.4, -0.2) is 37.8 Å². The first-order valence-corrected chi connectivity index (χ1v) is 11.4. The molecule has 0 bridgehead atoms. The quantitative estimate of drug-likeness (QED) is 0.430. The van der Waals surface area contributed by atoms with E-state index in [9.17, 15) is 0 Å². The second kappa shape index (κ2) is 12.1. The largest absolute Gasteiger partial charge is 0.368 e. The summed E-state index contributed by atoms with van der Waals surface area (Å²) >= 11 is 0. The van der Waals surface area contributed by atoms with Gasteiger partial charge in [0.05, 0.1) is 25.9 Å². The fraction of sp³-hybridized carbons (Fsp3) is 0.357. The summed E-state index contributed by atoms with van der Waals surface area (Å²) in [4.78, 5) is 0. The molecule has 0 N–H and O–H groups in total. The van der Waals surface area contributed by atoms with Crippen molar-refractivity contribution in [3.8, 4) is 0 Å². The molecule has 4 rings (SSSR count). The Morgan fingerprint density at radius 1 is 0.576 bits per heavy atom. The molecule has 0 amide bonds. The molecule has 1 saturated heterocycles. The summed E-state index contributed by atoms with van der Waals surface area (Å²) in [5.41, 5.74) is 3.27. The molecular weight excluding hydrogens is 416 g/mol. The van der Waals surface area contributed by atoms with Gasteiger partial charge in [-0.1, -0.05) is 91.0 Å². The Balaban J connectivity index is 1.53. The van der Waals surface area contributed by atoms with Gasteiger partial charge in [-0.15, -0.1) is 0 Å². The first kappa shape index (κ1) is 23.6.